The van der Waals surface area contributed by atoms with E-state index in [4.69, 9.17) is 4.74 Å². The number of hydrazone groups is 1. The molecule has 0 aliphatic carbocycles. The Morgan fingerprint density at radius 2 is 1.35 bits per heavy atom. The molecule has 2 amide bonds. The van der Waals surface area contributed by atoms with Crippen LogP contribution < -0.4 is 15.5 Å². The number of esters is 1. The highest BCUT2D eigenvalue weighted by atomic mass is 16.5. The van der Waals surface area contributed by atoms with Gasteiger partial charge in [-0.1, -0.05) is 89.3 Å². The number of hydrogen-bond acceptors (Lipinski definition) is 5. The van der Waals surface area contributed by atoms with Gasteiger partial charge in [-0.3, -0.25) is 9.59 Å². The number of ether oxygens (including phenoxy) is 1. The molecule has 0 aliphatic rings. The molecule has 0 spiro atoms. The van der Waals surface area contributed by atoms with Gasteiger partial charge in [-0.2, -0.15) is 5.10 Å². The molecule has 0 radical (unpaired) electrons. The fraction of sp³-hybridized carbons (Fsp3) is 0.467. The summed E-state index contributed by atoms with van der Waals surface area (Å²) in [6.45, 7) is 2.13. The van der Waals surface area contributed by atoms with Crippen LogP contribution >= 0.6 is 0 Å². The van der Waals surface area contributed by atoms with Gasteiger partial charge in [0.15, 0.2) is 0 Å². The quantitative estimate of drug-likeness (QED) is 0.0828. The maximum absolute atomic E-state index is 12.1. The predicted molar refractivity (Wildman–Crippen MR) is 148 cm³/mol. The van der Waals surface area contributed by atoms with E-state index in [0.29, 0.717) is 17.7 Å². The van der Waals surface area contributed by atoms with Crippen molar-refractivity contribution in [3.8, 4) is 5.75 Å². The fourth-order valence-electron chi connectivity index (χ4n) is 3.80. The van der Waals surface area contributed by atoms with Gasteiger partial charge < -0.3 is 10.1 Å². The number of rotatable bonds is 18. The zero-order valence-corrected chi connectivity index (χ0v) is 22.0. The van der Waals surface area contributed by atoms with Crippen LogP contribution in [-0.2, 0) is 9.59 Å². The lowest BCUT2D eigenvalue weighted by Gasteiger charge is -2.05. The number of benzene rings is 2. The highest BCUT2D eigenvalue weighted by molar-refractivity contribution is 5.91. The average Bonchev–Trinajstić information content (AvgIpc) is 2.92. The first-order chi connectivity index (χ1) is 18.1. The van der Waals surface area contributed by atoms with E-state index in [-0.39, 0.29) is 12.5 Å². The molecule has 0 aliphatic heterocycles. The smallest absolute Gasteiger partial charge is 0.343 e. The molecule has 0 saturated carbocycles. The highest BCUT2D eigenvalue weighted by Crippen LogP contribution is 2.14. The molecule has 0 atom stereocenters. The molecule has 0 unspecified atom stereocenters. The van der Waals surface area contributed by atoms with Crippen LogP contribution in [0.2, 0.25) is 0 Å². The van der Waals surface area contributed by atoms with Crippen LogP contribution in [-0.4, -0.2) is 30.5 Å². The summed E-state index contributed by atoms with van der Waals surface area (Å²) in [5.41, 5.74) is 3.59. The van der Waals surface area contributed by atoms with E-state index in [2.05, 4.69) is 22.8 Å². The van der Waals surface area contributed by atoms with E-state index in [9.17, 15) is 14.4 Å². The molecule has 7 heteroatoms. The molecule has 37 heavy (non-hydrogen) atoms. The Hall–Kier alpha value is -3.48. The van der Waals surface area contributed by atoms with Crippen molar-refractivity contribution in [1.82, 2.24) is 10.7 Å². The zero-order chi connectivity index (χ0) is 26.6. The van der Waals surface area contributed by atoms with Gasteiger partial charge in [-0.05, 0) is 48.4 Å². The first kappa shape index (κ1) is 29.7. The molecule has 0 bridgehead atoms. The molecule has 7 nitrogen and oxygen atoms in total. The van der Waals surface area contributed by atoms with Gasteiger partial charge in [-0.25, -0.2) is 10.2 Å². The predicted octanol–water partition coefficient (Wildman–Crippen LogP) is 6.17. The summed E-state index contributed by atoms with van der Waals surface area (Å²) >= 11 is 0. The summed E-state index contributed by atoms with van der Waals surface area (Å²) in [6.07, 6.45) is 15.5. The number of nitrogens with zero attached hydrogens (tertiary/aromatic N) is 1. The van der Waals surface area contributed by atoms with Gasteiger partial charge in [0.25, 0.3) is 5.91 Å². The third-order valence-electron chi connectivity index (χ3n) is 5.96. The lowest BCUT2D eigenvalue weighted by molar-refractivity contribution is -0.126. The Morgan fingerprint density at radius 1 is 0.757 bits per heavy atom. The molecular weight excluding hydrogens is 466 g/mol. The van der Waals surface area contributed by atoms with E-state index >= 15 is 0 Å². The number of amides is 2. The maximum atomic E-state index is 12.1. The monoisotopic (exact) mass is 507 g/mol. The Balaban J connectivity index is 1.51. The van der Waals surface area contributed by atoms with Crippen molar-refractivity contribution in [2.75, 3.05) is 6.54 Å². The standard InChI is InChI=1S/C30H41N3O4/c1-2-3-4-5-6-7-8-9-10-11-15-18-28(34)31-24-29(35)33-32-23-25-19-21-27(22-20-25)37-30(36)26-16-13-12-14-17-26/h12-14,16-17,19-23H,2-11,15,18,24H2,1H3,(H,31,34)(H,33,35)/b32-23+. The summed E-state index contributed by atoms with van der Waals surface area (Å²) in [4.78, 5) is 35.9. The molecule has 2 rings (SSSR count). The zero-order valence-electron chi connectivity index (χ0n) is 22.0. The molecule has 0 fully saturated rings. The lowest BCUT2D eigenvalue weighted by atomic mass is 10.1. The SMILES string of the molecule is CCCCCCCCCCCCCC(=O)NCC(=O)N/N=C/c1ccc(OC(=O)c2ccccc2)cc1. The first-order valence-electron chi connectivity index (χ1n) is 13.5. The number of carbonyl (C=O) groups excluding carboxylic acids is 3. The van der Waals surface area contributed by atoms with Crippen molar-refractivity contribution in [2.45, 2.75) is 84.0 Å². The van der Waals surface area contributed by atoms with Crippen LogP contribution in [0.25, 0.3) is 0 Å². The first-order valence-corrected chi connectivity index (χ1v) is 13.5. The average molecular weight is 508 g/mol. The van der Waals surface area contributed by atoms with E-state index in [0.717, 1.165) is 24.8 Å². The molecule has 2 aromatic carbocycles. The van der Waals surface area contributed by atoms with Crippen molar-refractivity contribution in [3.63, 3.8) is 0 Å². The van der Waals surface area contributed by atoms with Crippen LogP contribution in [0.5, 0.6) is 5.75 Å². The number of hydrogen-bond donors (Lipinski definition) is 2. The summed E-state index contributed by atoms with van der Waals surface area (Å²) in [5, 5.41) is 6.54. The minimum atomic E-state index is -0.431. The molecule has 2 N–H and O–H groups in total. The van der Waals surface area contributed by atoms with Gasteiger partial charge in [-0.15, -0.1) is 0 Å². The Morgan fingerprint density at radius 3 is 1.97 bits per heavy atom. The van der Waals surface area contributed by atoms with Crippen LogP contribution in [0.3, 0.4) is 0 Å². The second-order valence-corrected chi connectivity index (χ2v) is 9.18. The highest BCUT2D eigenvalue weighted by Gasteiger charge is 2.07. The van der Waals surface area contributed by atoms with E-state index in [1.165, 1.54) is 57.6 Å². The summed E-state index contributed by atoms with van der Waals surface area (Å²) in [5.74, 6) is -0.525. The minimum absolute atomic E-state index is 0.109. The topological polar surface area (TPSA) is 96.9 Å². The minimum Gasteiger partial charge on any atom is -0.423 e. The van der Waals surface area contributed by atoms with Crippen LogP contribution in [0.15, 0.2) is 59.7 Å². The molecule has 200 valence electrons. The van der Waals surface area contributed by atoms with E-state index in [1.807, 2.05) is 6.07 Å². The van der Waals surface area contributed by atoms with Gasteiger partial charge >= 0.3 is 5.97 Å². The van der Waals surface area contributed by atoms with Gasteiger partial charge in [0.05, 0.1) is 18.3 Å². The van der Waals surface area contributed by atoms with Gasteiger partial charge in [0, 0.05) is 6.42 Å². The third-order valence-corrected chi connectivity index (χ3v) is 5.96. The second kappa shape index (κ2) is 18.7. The largest absolute Gasteiger partial charge is 0.423 e. The van der Waals surface area contributed by atoms with Gasteiger partial charge in [0.1, 0.15) is 5.75 Å². The normalized spacial score (nSPS) is 10.8. The van der Waals surface area contributed by atoms with E-state index < -0.39 is 11.9 Å². The molecule has 0 aromatic heterocycles. The Bertz CT molecular complexity index is 959. The molecule has 0 saturated heterocycles. The number of unbranched alkanes of at least 4 members (excludes halogenated alkanes) is 10. The Labute approximate surface area is 221 Å². The molecular formula is C30H41N3O4. The second-order valence-electron chi connectivity index (χ2n) is 9.18. The van der Waals surface area contributed by atoms with Crippen molar-refractivity contribution in [2.24, 2.45) is 5.10 Å². The summed E-state index contributed by atoms with van der Waals surface area (Å²) in [6, 6.07) is 15.5. The Kier molecular flexibility index (Phi) is 15.1. The fourth-order valence-corrected chi connectivity index (χ4v) is 3.80. The number of nitrogens with one attached hydrogen (secondary N) is 2. The van der Waals surface area contributed by atoms with Gasteiger partial charge in [0.2, 0.25) is 5.91 Å². The van der Waals surface area contributed by atoms with Crippen molar-refractivity contribution in [1.29, 1.82) is 0 Å². The van der Waals surface area contributed by atoms with Crippen LogP contribution in [0.4, 0.5) is 0 Å². The lowest BCUT2D eigenvalue weighted by Crippen LogP contribution is -2.34. The van der Waals surface area contributed by atoms with Crippen molar-refractivity contribution >= 4 is 24.0 Å². The van der Waals surface area contributed by atoms with E-state index in [1.54, 1.807) is 48.5 Å². The summed E-state index contributed by atoms with van der Waals surface area (Å²) < 4.78 is 5.33. The molecule has 0 heterocycles. The third kappa shape index (κ3) is 14.0. The number of carbonyl (C=O) groups is 3. The molecule has 2 aromatic rings. The maximum Gasteiger partial charge on any atom is 0.343 e. The van der Waals surface area contributed by atoms with Crippen LogP contribution in [0, 0.1) is 0 Å². The van der Waals surface area contributed by atoms with Crippen molar-refractivity contribution < 1.29 is 19.1 Å². The van der Waals surface area contributed by atoms with Crippen molar-refractivity contribution in [3.05, 3.63) is 65.7 Å². The van der Waals surface area contributed by atoms with Crippen LogP contribution in [0.1, 0.15) is 99.9 Å². The summed E-state index contributed by atoms with van der Waals surface area (Å²) in [7, 11) is 0.